The molecule has 2 heterocycles. The molecule has 0 saturated carbocycles. The van der Waals surface area contributed by atoms with Gasteiger partial charge in [-0.05, 0) is 42.5 Å². The van der Waals surface area contributed by atoms with E-state index in [0.717, 1.165) is 0 Å². The number of amides is 2. The Morgan fingerprint density at radius 3 is 2.68 bits per heavy atom. The van der Waals surface area contributed by atoms with Crippen molar-refractivity contribution < 1.29 is 38.2 Å². The van der Waals surface area contributed by atoms with Gasteiger partial charge in [-0.1, -0.05) is 11.2 Å². The van der Waals surface area contributed by atoms with Crippen LogP contribution in [0, 0.1) is 5.82 Å². The molecule has 10 nitrogen and oxygen atoms in total. The van der Waals surface area contributed by atoms with Crippen molar-refractivity contribution in [2.45, 2.75) is 13.2 Å². The Labute approximate surface area is 208 Å². The lowest BCUT2D eigenvalue weighted by Crippen LogP contribution is -2.30. The summed E-state index contributed by atoms with van der Waals surface area (Å²) >= 11 is 0. The molecular formula is C26H18FN3O7. The maximum Gasteiger partial charge on any atom is 0.281 e. The lowest BCUT2D eigenvalue weighted by atomic mass is 10.0. The van der Waals surface area contributed by atoms with Gasteiger partial charge in [-0.2, -0.15) is 0 Å². The Morgan fingerprint density at radius 1 is 1.11 bits per heavy atom. The van der Waals surface area contributed by atoms with E-state index in [0.29, 0.717) is 46.4 Å². The Kier molecular flexibility index (Phi) is 6.20. The summed E-state index contributed by atoms with van der Waals surface area (Å²) in [5, 5.41) is 15.3. The standard InChI is InChI=1S/C26H18FN3O7/c27-19-6-16(24-18(7-19)12-36-13-37-24)9-30-22-8-20(3-4-21(22)23(29-35)26(30)34)28-25(33)14-1-2-15(10-31)17(5-14)11-32/h1-8,10-11,35H,9,12-13H2,(H,28,33)/b29-23-. The number of nitrogens with zero attached hydrogens (tertiary/aromatic N) is 2. The van der Waals surface area contributed by atoms with E-state index in [2.05, 4.69) is 10.5 Å². The zero-order valence-electron chi connectivity index (χ0n) is 19.1. The van der Waals surface area contributed by atoms with Gasteiger partial charge in [0, 0.05) is 39.1 Å². The van der Waals surface area contributed by atoms with Gasteiger partial charge in [0.05, 0.1) is 18.8 Å². The summed E-state index contributed by atoms with van der Waals surface area (Å²) in [4.78, 5) is 49.4. The monoisotopic (exact) mass is 503 g/mol. The van der Waals surface area contributed by atoms with Crippen LogP contribution in [0.1, 0.15) is 47.8 Å². The van der Waals surface area contributed by atoms with Crippen molar-refractivity contribution in [3.63, 3.8) is 0 Å². The molecule has 3 aromatic rings. The van der Waals surface area contributed by atoms with E-state index in [1.807, 2.05) is 0 Å². The van der Waals surface area contributed by atoms with E-state index < -0.39 is 17.6 Å². The highest BCUT2D eigenvalue weighted by Crippen LogP contribution is 2.37. The fourth-order valence-corrected chi connectivity index (χ4v) is 4.31. The topological polar surface area (TPSA) is 135 Å². The Bertz CT molecular complexity index is 1500. The van der Waals surface area contributed by atoms with Crippen LogP contribution in [0.3, 0.4) is 0 Å². The smallest absolute Gasteiger partial charge is 0.281 e. The lowest BCUT2D eigenvalue weighted by molar-refractivity contribution is -0.112. The first-order valence-electron chi connectivity index (χ1n) is 11.0. The highest BCUT2D eigenvalue weighted by Gasteiger charge is 2.36. The number of hydrogen-bond acceptors (Lipinski definition) is 8. The first-order chi connectivity index (χ1) is 17.9. The molecule has 0 aromatic heterocycles. The maximum absolute atomic E-state index is 14.3. The molecule has 2 N–H and O–H groups in total. The second kappa shape index (κ2) is 9.63. The molecule has 37 heavy (non-hydrogen) atoms. The van der Waals surface area contributed by atoms with Crippen LogP contribution >= 0.6 is 0 Å². The number of fused-ring (bicyclic) bond motifs is 2. The molecule has 5 rings (SSSR count). The summed E-state index contributed by atoms with van der Waals surface area (Å²) in [6, 6.07) is 11.2. The molecule has 0 saturated heterocycles. The third kappa shape index (κ3) is 4.32. The van der Waals surface area contributed by atoms with Gasteiger partial charge < -0.3 is 24.9 Å². The van der Waals surface area contributed by atoms with Crippen molar-refractivity contribution in [1.29, 1.82) is 0 Å². The van der Waals surface area contributed by atoms with Crippen molar-refractivity contribution in [2.75, 3.05) is 17.0 Å². The Balaban J connectivity index is 1.47. The Hall–Kier alpha value is -4.90. The SMILES string of the molecule is O=Cc1ccc(C(=O)Nc2ccc3c(c2)N(Cc2cc(F)cc4c2OCOC4)C(=O)/C3=N\O)cc1C=O. The molecule has 186 valence electrons. The number of rotatable bonds is 6. The number of nitrogens with one attached hydrogen (secondary N) is 1. The zero-order valence-corrected chi connectivity index (χ0v) is 19.1. The first-order valence-corrected chi connectivity index (χ1v) is 11.0. The second-order valence-electron chi connectivity index (χ2n) is 8.27. The summed E-state index contributed by atoms with van der Waals surface area (Å²) in [5.41, 5.74) is 2.01. The number of benzene rings is 3. The summed E-state index contributed by atoms with van der Waals surface area (Å²) in [6.07, 6.45) is 1.00. The van der Waals surface area contributed by atoms with Gasteiger partial charge in [0.1, 0.15) is 11.6 Å². The number of carbonyl (C=O) groups is 4. The number of hydrogen-bond donors (Lipinski definition) is 2. The molecule has 0 aliphatic carbocycles. The minimum atomic E-state index is -0.619. The van der Waals surface area contributed by atoms with Crippen LogP contribution in [0.15, 0.2) is 53.7 Å². The van der Waals surface area contributed by atoms with Gasteiger partial charge in [-0.25, -0.2) is 4.39 Å². The average molecular weight is 503 g/mol. The molecule has 0 spiro atoms. The predicted octanol–water partition coefficient (Wildman–Crippen LogP) is 3.29. The van der Waals surface area contributed by atoms with Crippen molar-refractivity contribution in [3.8, 4) is 5.75 Å². The summed E-state index contributed by atoms with van der Waals surface area (Å²) in [5.74, 6) is -1.29. The molecule has 2 aliphatic heterocycles. The van der Waals surface area contributed by atoms with E-state index in [-0.39, 0.29) is 42.3 Å². The number of aldehydes is 2. The van der Waals surface area contributed by atoms with Crippen LogP contribution in [0.4, 0.5) is 15.8 Å². The van der Waals surface area contributed by atoms with E-state index in [4.69, 9.17) is 9.47 Å². The molecule has 0 fully saturated rings. The fraction of sp³-hybridized carbons (Fsp3) is 0.115. The molecule has 0 radical (unpaired) electrons. The minimum Gasteiger partial charge on any atom is -0.467 e. The molecule has 3 aromatic carbocycles. The maximum atomic E-state index is 14.3. The van der Waals surface area contributed by atoms with Gasteiger partial charge >= 0.3 is 0 Å². The van der Waals surface area contributed by atoms with Crippen LogP contribution in [0.2, 0.25) is 0 Å². The van der Waals surface area contributed by atoms with Crippen molar-refractivity contribution in [2.24, 2.45) is 5.16 Å². The molecule has 0 atom stereocenters. The molecule has 2 aliphatic rings. The second-order valence-corrected chi connectivity index (χ2v) is 8.27. The van der Waals surface area contributed by atoms with E-state index in [1.54, 1.807) is 0 Å². The van der Waals surface area contributed by atoms with Gasteiger partial charge in [-0.15, -0.1) is 0 Å². The number of ether oxygens (including phenoxy) is 2. The first kappa shape index (κ1) is 23.8. The number of carbonyl (C=O) groups excluding carboxylic acids is 4. The number of oxime groups is 1. The van der Waals surface area contributed by atoms with Crippen molar-refractivity contribution in [1.82, 2.24) is 0 Å². The zero-order chi connectivity index (χ0) is 26.1. The van der Waals surface area contributed by atoms with Gasteiger partial charge in [0.15, 0.2) is 25.1 Å². The normalized spacial score (nSPS) is 15.1. The fourth-order valence-electron chi connectivity index (χ4n) is 4.31. The summed E-state index contributed by atoms with van der Waals surface area (Å²) in [7, 11) is 0. The molecule has 0 unspecified atom stereocenters. The molecular weight excluding hydrogens is 485 g/mol. The van der Waals surface area contributed by atoms with E-state index >= 15 is 0 Å². The van der Waals surface area contributed by atoms with Crippen LogP contribution in [-0.2, 0) is 22.7 Å². The molecule has 11 heteroatoms. The van der Waals surface area contributed by atoms with Crippen LogP contribution in [0.25, 0.3) is 0 Å². The van der Waals surface area contributed by atoms with Crippen LogP contribution in [-0.4, -0.2) is 42.1 Å². The third-order valence-electron chi connectivity index (χ3n) is 6.03. The number of halogens is 1. The summed E-state index contributed by atoms with van der Waals surface area (Å²) in [6.45, 7) is 0.0390. The van der Waals surface area contributed by atoms with E-state index in [9.17, 15) is 28.8 Å². The lowest BCUT2D eigenvalue weighted by Gasteiger charge is -2.24. The largest absolute Gasteiger partial charge is 0.467 e. The summed E-state index contributed by atoms with van der Waals surface area (Å²) < 4.78 is 25.0. The number of anilines is 2. The van der Waals surface area contributed by atoms with Crippen LogP contribution in [0.5, 0.6) is 5.75 Å². The highest BCUT2D eigenvalue weighted by atomic mass is 19.1. The average Bonchev–Trinajstić information content (AvgIpc) is 3.17. The van der Waals surface area contributed by atoms with Gasteiger partial charge in [0.2, 0.25) is 0 Å². The van der Waals surface area contributed by atoms with Crippen molar-refractivity contribution >= 4 is 41.5 Å². The van der Waals surface area contributed by atoms with Crippen LogP contribution < -0.4 is 15.0 Å². The molecule has 2 amide bonds. The third-order valence-corrected chi connectivity index (χ3v) is 6.03. The minimum absolute atomic E-state index is 0.0185. The highest BCUT2D eigenvalue weighted by molar-refractivity contribution is 6.54. The van der Waals surface area contributed by atoms with Gasteiger partial charge in [0.25, 0.3) is 11.8 Å². The quantitative estimate of drug-likeness (QED) is 0.299. The predicted molar refractivity (Wildman–Crippen MR) is 128 cm³/mol. The van der Waals surface area contributed by atoms with Crippen molar-refractivity contribution in [3.05, 3.63) is 87.7 Å². The van der Waals surface area contributed by atoms with Gasteiger partial charge in [-0.3, -0.25) is 19.2 Å². The molecule has 0 bridgehead atoms. The Morgan fingerprint density at radius 2 is 1.92 bits per heavy atom. The van der Waals surface area contributed by atoms with E-state index in [1.165, 1.54) is 53.4 Å².